The van der Waals surface area contributed by atoms with Gasteiger partial charge in [-0.3, -0.25) is 4.79 Å². The molecule has 1 saturated heterocycles. The Bertz CT molecular complexity index is 1630. The van der Waals surface area contributed by atoms with Crippen LogP contribution in [0.2, 0.25) is 10.0 Å². The van der Waals surface area contributed by atoms with E-state index in [1.807, 2.05) is 0 Å². The largest absolute Gasteiger partial charge is 0.471 e. The number of fused-ring (bicyclic) bond motifs is 1. The van der Waals surface area contributed by atoms with E-state index in [1.165, 1.54) is 18.3 Å². The van der Waals surface area contributed by atoms with E-state index in [0.717, 1.165) is 10.4 Å². The van der Waals surface area contributed by atoms with Gasteiger partial charge in [0, 0.05) is 48.9 Å². The van der Waals surface area contributed by atoms with Crippen molar-refractivity contribution in [2.24, 2.45) is 5.14 Å². The van der Waals surface area contributed by atoms with E-state index in [4.69, 9.17) is 28.3 Å². The normalized spacial score (nSPS) is 15.9. The zero-order chi connectivity index (χ0) is 27.5. The summed E-state index contributed by atoms with van der Waals surface area (Å²) in [5.41, 5.74) is -0.681. The number of carbonyl (C=O) groups is 1. The van der Waals surface area contributed by atoms with Crippen LogP contribution in [0.15, 0.2) is 40.3 Å². The Hall–Kier alpha value is -2.43. The van der Waals surface area contributed by atoms with Crippen molar-refractivity contribution in [1.29, 1.82) is 0 Å². The van der Waals surface area contributed by atoms with Gasteiger partial charge in [-0.05, 0) is 18.2 Å². The van der Waals surface area contributed by atoms with Gasteiger partial charge in [-0.2, -0.15) is 17.5 Å². The predicted molar refractivity (Wildman–Crippen MR) is 126 cm³/mol. The number of hydrogen-bond donors (Lipinski definition) is 2. The van der Waals surface area contributed by atoms with E-state index >= 15 is 4.39 Å². The molecular weight excluding hydrogens is 587 g/mol. The fourth-order valence-corrected chi connectivity index (χ4v) is 6.84. The molecule has 0 unspecified atom stereocenters. The first-order chi connectivity index (χ1) is 17.0. The van der Waals surface area contributed by atoms with Crippen LogP contribution in [0.5, 0.6) is 0 Å². The Labute approximate surface area is 217 Å². The zero-order valence-electron chi connectivity index (χ0n) is 18.3. The minimum Gasteiger partial charge on any atom is -0.359 e. The Morgan fingerprint density at radius 1 is 0.946 bits per heavy atom. The van der Waals surface area contributed by atoms with Crippen LogP contribution >= 0.6 is 23.2 Å². The fourth-order valence-electron chi connectivity index (χ4n) is 4.05. The topological polar surface area (TPSA) is 134 Å². The summed E-state index contributed by atoms with van der Waals surface area (Å²) in [5, 5.41) is 5.60. The van der Waals surface area contributed by atoms with Gasteiger partial charge in [0.2, 0.25) is 20.0 Å². The van der Waals surface area contributed by atoms with Crippen LogP contribution in [0.4, 0.5) is 17.6 Å². The molecule has 0 radical (unpaired) electrons. The van der Waals surface area contributed by atoms with Crippen LogP contribution in [0.25, 0.3) is 22.0 Å². The highest BCUT2D eigenvalue weighted by Crippen LogP contribution is 2.42. The van der Waals surface area contributed by atoms with Gasteiger partial charge in [0.15, 0.2) is 5.82 Å². The molecule has 2 heterocycles. The van der Waals surface area contributed by atoms with E-state index in [0.29, 0.717) is 11.0 Å². The molecule has 9 nitrogen and oxygen atoms in total. The van der Waals surface area contributed by atoms with Crippen molar-refractivity contribution >= 4 is 60.1 Å². The number of nitrogens with one attached hydrogen (secondary N) is 1. The van der Waals surface area contributed by atoms with Gasteiger partial charge >= 0.3 is 12.1 Å². The summed E-state index contributed by atoms with van der Waals surface area (Å²) in [4.78, 5) is 13.1. The molecule has 1 aliphatic rings. The Kier molecular flexibility index (Phi) is 7.01. The second kappa shape index (κ2) is 9.39. The van der Waals surface area contributed by atoms with Crippen molar-refractivity contribution in [1.82, 2.24) is 14.2 Å². The minimum absolute atomic E-state index is 0.0972. The lowest BCUT2D eigenvalue weighted by molar-refractivity contribution is -0.186. The smallest absolute Gasteiger partial charge is 0.359 e. The number of primary sulfonamides is 1. The first kappa shape index (κ1) is 27.6. The first-order valence-corrected chi connectivity index (χ1v) is 14.0. The lowest BCUT2D eigenvalue weighted by Crippen LogP contribution is -2.53. The highest BCUT2D eigenvalue weighted by molar-refractivity contribution is 7.89. The quantitative estimate of drug-likeness (QED) is 0.442. The number of halogens is 6. The predicted octanol–water partition coefficient (Wildman–Crippen LogP) is 3.32. The SMILES string of the molecule is NS(=O)(=O)c1ccc(S(=O)(=O)N2CCN(C(=O)C(F)(F)F)CC2)c(-c2ccc(Cl)c3c(Cl)c[nH]c23)c1F. The number of piperazine rings is 1. The van der Waals surface area contributed by atoms with Crippen LogP contribution in [-0.4, -0.2) is 69.3 Å². The summed E-state index contributed by atoms with van der Waals surface area (Å²) >= 11 is 12.3. The van der Waals surface area contributed by atoms with Gasteiger partial charge in [-0.1, -0.05) is 29.3 Å². The number of amides is 1. The third-order valence-electron chi connectivity index (χ3n) is 5.77. The zero-order valence-corrected chi connectivity index (χ0v) is 21.5. The third kappa shape index (κ3) is 4.91. The molecule has 0 bridgehead atoms. The number of aromatic amines is 1. The van der Waals surface area contributed by atoms with Gasteiger partial charge in [0.25, 0.3) is 0 Å². The molecule has 0 atom stereocenters. The maximum Gasteiger partial charge on any atom is 0.471 e. The highest BCUT2D eigenvalue weighted by Gasteiger charge is 2.44. The Morgan fingerprint density at radius 2 is 1.54 bits per heavy atom. The number of rotatable bonds is 4. The number of aromatic nitrogens is 1. The standard InChI is InChI=1S/C20H16Cl2F4N4O5S2/c21-11-2-1-10(18-16(11)12(22)9-28-18)15-13(3-4-14(17(15)23)36(27,32)33)37(34,35)30-7-5-29(6-8-30)19(31)20(24,25)26/h1-4,9,28H,5-8H2,(H2,27,32,33). The number of hydrogen-bond acceptors (Lipinski definition) is 5. The molecule has 17 heteroatoms. The number of carbonyl (C=O) groups excluding carboxylic acids is 1. The average Bonchev–Trinajstić information content (AvgIpc) is 3.20. The van der Waals surface area contributed by atoms with E-state index in [-0.39, 0.29) is 26.5 Å². The molecule has 2 aromatic carbocycles. The number of alkyl halides is 3. The lowest BCUT2D eigenvalue weighted by atomic mass is 10.0. The fraction of sp³-hybridized carbons (Fsp3) is 0.250. The van der Waals surface area contributed by atoms with Gasteiger partial charge in [-0.25, -0.2) is 26.4 Å². The second-order valence-corrected chi connectivity index (χ2v) is 12.2. The molecule has 200 valence electrons. The minimum atomic E-state index is -5.13. The summed E-state index contributed by atoms with van der Waals surface area (Å²) in [6.45, 7) is -2.18. The molecule has 1 fully saturated rings. The first-order valence-electron chi connectivity index (χ1n) is 10.2. The van der Waals surface area contributed by atoms with Gasteiger partial charge in [-0.15, -0.1) is 0 Å². The molecule has 0 saturated carbocycles. The molecule has 1 aromatic heterocycles. The Balaban J connectivity index is 1.87. The second-order valence-electron chi connectivity index (χ2n) is 7.97. The van der Waals surface area contributed by atoms with Crippen molar-refractivity contribution < 1.29 is 39.2 Å². The number of sulfonamides is 2. The van der Waals surface area contributed by atoms with E-state index in [1.54, 1.807) is 0 Å². The van der Waals surface area contributed by atoms with Gasteiger partial charge in [0.1, 0.15) is 4.90 Å². The molecular formula is C20H16Cl2F4N4O5S2. The number of nitrogens with zero attached hydrogens (tertiary/aromatic N) is 2. The molecule has 3 aromatic rings. The van der Waals surface area contributed by atoms with Crippen LogP contribution in [0.3, 0.4) is 0 Å². The molecule has 0 spiro atoms. The Morgan fingerprint density at radius 3 is 2.11 bits per heavy atom. The number of nitrogens with two attached hydrogens (primary N) is 1. The maximum atomic E-state index is 15.7. The van der Waals surface area contributed by atoms with Crippen LogP contribution in [0.1, 0.15) is 0 Å². The van der Waals surface area contributed by atoms with Crippen LogP contribution in [0, 0.1) is 5.82 Å². The van der Waals surface area contributed by atoms with E-state index in [2.05, 4.69) is 4.98 Å². The molecule has 1 amide bonds. The highest BCUT2D eigenvalue weighted by atomic mass is 35.5. The molecule has 1 aliphatic heterocycles. The number of benzene rings is 2. The summed E-state index contributed by atoms with van der Waals surface area (Å²) in [5.74, 6) is -3.58. The molecule has 0 aliphatic carbocycles. The van der Waals surface area contributed by atoms with Crippen molar-refractivity contribution in [3.63, 3.8) is 0 Å². The summed E-state index contributed by atoms with van der Waals surface area (Å²) in [7, 11) is -9.26. The van der Waals surface area contributed by atoms with Crippen LogP contribution in [-0.2, 0) is 24.8 Å². The summed E-state index contributed by atoms with van der Waals surface area (Å²) < 4.78 is 106. The van der Waals surface area contributed by atoms with Crippen molar-refractivity contribution in [3.05, 3.63) is 46.3 Å². The van der Waals surface area contributed by atoms with Crippen LogP contribution < -0.4 is 5.14 Å². The lowest BCUT2D eigenvalue weighted by Gasteiger charge is -2.34. The van der Waals surface area contributed by atoms with E-state index in [9.17, 15) is 34.8 Å². The number of H-pyrrole nitrogens is 1. The summed E-state index contributed by atoms with van der Waals surface area (Å²) in [6.07, 6.45) is -3.81. The monoisotopic (exact) mass is 602 g/mol. The summed E-state index contributed by atoms with van der Waals surface area (Å²) in [6, 6.07) is 4.08. The molecule has 4 rings (SSSR count). The molecule has 37 heavy (non-hydrogen) atoms. The van der Waals surface area contributed by atoms with Crippen molar-refractivity contribution in [2.75, 3.05) is 26.2 Å². The third-order valence-corrected chi connectivity index (χ3v) is 9.25. The van der Waals surface area contributed by atoms with Crippen molar-refractivity contribution in [3.8, 4) is 11.1 Å². The van der Waals surface area contributed by atoms with Crippen molar-refractivity contribution in [2.45, 2.75) is 16.0 Å². The van der Waals surface area contributed by atoms with Gasteiger partial charge in [0.05, 0.1) is 20.5 Å². The van der Waals surface area contributed by atoms with Gasteiger partial charge < -0.3 is 9.88 Å². The molecule has 3 N–H and O–H groups in total. The average molecular weight is 603 g/mol. The maximum absolute atomic E-state index is 15.7. The van der Waals surface area contributed by atoms with E-state index < -0.39 is 79.5 Å².